The number of nitrogens with zero attached hydrogens (tertiary/aromatic N) is 4. The molecular formula is C19H26N4O4S. The molecule has 0 bridgehead atoms. The molecule has 0 radical (unpaired) electrons. The molecule has 1 aliphatic heterocycles. The van der Waals surface area contributed by atoms with Crippen molar-refractivity contribution in [2.45, 2.75) is 20.4 Å². The van der Waals surface area contributed by atoms with Crippen LogP contribution in [0.3, 0.4) is 0 Å². The van der Waals surface area contributed by atoms with Gasteiger partial charge in [0.25, 0.3) is 5.91 Å². The van der Waals surface area contributed by atoms with E-state index in [1.165, 1.54) is 18.3 Å². The quantitative estimate of drug-likeness (QED) is 0.700. The van der Waals surface area contributed by atoms with Gasteiger partial charge in [-0.1, -0.05) is 0 Å². The van der Waals surface area contributed by atoms with Crippen molar-refractivity contribution in [3.63, 3.8) is 0 Å². The second kappa shape index (κ2) is 9.31. The van der Waals surface area contributed by atoms with E-state index in [0.717, 1.165) is 24.5 Å². The van der Waals surface area contributed by atoms with E-state index in [2.05, 4.69) is 9.88 Å². The molecule has 0 aliphatic carbocycles. The van der Waals surface area contributed by atoms with E-state index in [-0.39, 0.29) is 11.8 Å². The number of amides is 2. The third kappa shape index (κ3) is 4.98. The van der Waals surface area contributed by atoms with Crippen LogP contribution in [0.4, 0.5) is 5.13 Å². The number of aromatic nitrogens is 1. The maximum atomic E-state index is 12.5. The van der Waals surface area contributed by atoms with Crippen LogP contribution in [0.2, 0.25) is 0 Å². The molecule has 2 amide bonds. The second-order valence-electron chi connectivity index (χ2n) is 6.76. The molecule has 0 N–H and O–H groups in total. The lowest BCUT2D eigenvalue weighted by molar-refractivity contribution is -0.116. The van der Waals surface area contributed by atoms with Crippen molar-refractivity contribution in [2.75, 3.05) is 51.3 Å². The lowest BCUT2D eigenvalue weighted by Gasteiger charge is -2.33. The number of thiazole rings is 1. The van der Waals surface area contributed by atoms with E-state index >= 15 is 0 Å². The molecule has 0 unspecified atom stereocenters. The van der Waals surface area contributed by atoms with E-state index in [0.29, 0.717) is 43.7 Å². The molecule has 1 fully saturated rings. The number of aryl methyl sites for hydroxylation is 1. The van der Waals surface area contributed by atoms with Crippen LogP contribution in [0.1, 0.15) is 28.9 Å². The molecule has 3 heterocycles. The van der Waals surface area contributed by atoms with E-state index in [9.17, 15) is 9.59 Å². The van der Waals surface area contributed by atoms with Gasteiger partial charge in [0.1, 0.15) is 5.76 Å². The summed E-state index contributed by atoms with van der Waals surface area (Å²) < 4.78 is 10.5. The van der Waals surface area contributed by atoms with Gasteiger partial charge in [-0.05, 0) is 19.1 Å². The van der Waals surface area contributed by atoms with Crippen LogP contribution in [0.15, 0.2) is 21.9 Å². The standard InChI is InChI=1S/C19H26N4O4S/c1-14-4-5-17(27-14)18(25)22-8-6-21(7-9-22)12-16-13-28-19(20-16)23(15(2)24)10-11-26-3/h4-5,13H,6-12H2,1-3H3. The molecule has 0 aromatic carbocycles. The van der Waals surface area contributed by atoms with E-state index in [4.69, 9.17) is 9.15 Å². The predicted molar refractivity (Wildman–Crippen MR) is 107 cm³/mol. The van der Waals surface area contributed by atoms with Gasteiger partial charge in [-0.2, -0.15) is 0 Å². The lowest BCUT2D eigenvalue weighted by atomic mass is 10.2. The summed E-state index contributed by atoms with van der Waals surface area (Å²) in [6, 6.07) is 3.53. The number of anilines is 1. The molecule has 1 saturated heterocycles. The number of furan rings is 1. The molecule has 0 saturated carbocycles. The Labute approximate surface area is 168 Å². The van der Waals surface area contributed by atoms with Crippen LogP contribution >= 0.6 is 11.3 Å². The molecular weight excluding hydrogens is 380 g/mol. The largest absolute Gasteiger partial charge is 0.456 e. The van der Waals surface area contributed by atoms with E-state index in [1.54, 1.807) is 24.1 Å². The number of carbonyl (C=O) groups is 2. The van der Waals surface area contributed by atoms with Gasteiger partial charge in [0.2, 0.25) is 5.91 Å². The Kier molecular flexibility index (Phi) is 6.82. The van der Waals surface area contributed by atoms with E-state index < -0.39 is 0 Å². The summed E-state index contributed by atoms with van der Waals surface area (Å²) in [4.78, 5) is 34.7. The molecule has 1 aliphatic rings. The molecule has 8 nitrogen and oxygen atoms in total. The third-order valence-electron chi connectivity index (χ3n) is 4.67. The Hall–Kier alpha value is -2.23. The molecule has 152 valence electrons. The van der Waals surface area contributed by atoms with Crippen molar-refractivity contribution >= 4 is 28.3 Å². The van der Waals surface area contributed by atoms with Gasteiger partial charge in [0.15, 0.2) is 10.9 Å². The highest BCUT2D eigenvalue weighted by Crippen LogP contribution is 2.22. The van der Waals surface area contributed by atoms with Crippen LogP contribution in [0, 0.1) is 6.92 Å². The molecule has 2 aromatic heterocycles. The Balaban J connectivity index is 1.53. The zero-order chi connectivity index (χ0) is 20.1. The van der Waals surface area contributed by atoms with Gasteiger partial charge in [-0.25, -0.2) is 4.98 Å². The topological polar surface area (TPSA) is 79.1 Å². The SMILES string of the molecule is COCCN(C(C)=O)c1nc(CN2CCN(C(=O)c3ccc(C)o3)CC2)cs1. The molecule has 28 heavy (non-hydrogen) atoms. The summed E-state index contributed by atoms with van der Waals surface area (Å²) >= 11 is 1.46. The monoisotopic (exact) mass is 406 g/mol. The van der Waals surface area contributed by atoms with Crippen molar-refractivity contribution in [3.05, 3.63) is 34.7 Å². The molecule has 0 spiro atoms. The Bertz CT molecular complexity index is 810. The zero-order valence-corrected chi connectivity index (χ0v) is 17.3. The van der Waals surface area contributed by atoms with Gasteiger partial charge in [-0.15, -0.1) is 11.3 Å². The summed E-state index contributed by atoms with van der Waals surface area (Å²) in [7, 11) is 1.61. The van der Waals surface area contributed by atoms with Crippen molar-refractivity contribution in [2.24, 2.45) is 0 Å². The molecule has 0 atom stereocenters. The van der Waals surface area contributed by atoms with Crippen molar-refractivity contribution in [3.8, 4) is 0 Å². The number of hydrogen-bond donors (Lipinski definition) is 0. The number of hydrogen-bond acceptors (Lipinski definition) is 7. The minimum Gasteiger partial charge on any atom is -0.456 e. The molecule has 9 heteroatoms. The lowest BCUT2D eigenvalue weighted by Crippen LogP contribution is -2.48. The van der Waals surface area contributed by atoms with Gasteiger partial charge in [-0.3, -0.25) is 19.4 Å². The Morgan fingerprint density at radius 2 is 2.04 bits per heavy atom. The minimum absolute atomic E-state index is 0.0433. The number of methoxy groups -OCH3 is 1. The first-order valence-corrected chi connectivity index (χ1v) is 10.2. The number of carbonyl (C=O) groups excluding carboxylic acids is 2. The predicted octanol–water partition coefficient (Wildman–Crippen LogP) is 2.00. The summed E-state index contributed by atoms with van der Waals surface area (Å²) in [5, 5.41) is 2.68. The van der Waals surface area contributed by atoms with Crippen molar-refractivity contribution < 1.29 is 18.7 Å². The number of piperazine rings is 1. The summed E-state index contributed by atoms with van der Waals surface area (Å²) in [5.74, 6) is 1.04. The first-order valence-electron chi connectivity index (χ1n) is 9.27. The highest BCUT2D eigenvalue weighted by atomic mass is 32.1. The normalized spacial score (nSPS) is 15.0. The fourth-order valence-electron chi connectivity index (χ4n) is 3.11. The Morgan fingerprint density at radius 3 is 2.64 bits per heavy atom. The highest BCUT2D eigenvalue weighted by Gasteiger charge is 2.25. The summed E-state index contributed by atoms with van der Waals surface area (Å²) in [6.45, 7) is 7.90. The maximum absolute atomic E-state index is 12.5. The molecule has 2 aromatic rings. The van der Waals surface area contributed by atoms with Crippen LogP contribution < -0.4 is 4.90 Å². The van der Waals surface area contributed by atoms with Gasteiger partial charge in [0, 0.05) is 52.1 Å². The van der Waals surface area contributed by atoms with Crippen LogP contribution in [0.25, 0.3) is 0 Å². The Morgan fingerprint density at radius 1 is 1.29 bits per heavy atom. The number of ether oxygens (including phenoxy) is 1. The van der Waals surface area contributed by atoms with E-state index in [1.807, 2.05) is 17.2 Å². The zero-order valence-electron chi connectivity index (χ0n) is 16.5. The first kappa shape index (κ1) is 20.5. The average molecular weight is 407 g/mol. The van der Waals surface area contributed by atoms with Gasteiger partial charge >= 0.3 is 0 Å². The van der Waals surface area contributed by atoms with Gasteiger partial charge < -0.3 is 14.1 Å². The fourth-order valence-corrected chi connectivity index (χ4v) is 3.99. The summed E-state index contributed by atoms with van der Waals surface area (Å²) in [6.07, 6.45) is 0. The van der Waals surface area contributed by atoms with Crippen molar-refractivity contribution in [1.29, 1.82) is 0 Å². The maximum Gasteiger partial charge on any atom is 0.289 e. The highest BCUT2D eigenvalue weighted by molar-refractivity contribution is 7.14. The second-order valence-corrected chi connectivity index (χ2v) is 7.60. The van der Waals surface area contributed by atoms with Gasteiger partial charge in [0.05, 0.1) is 18.8 Å². The minimum atomic E-state index is -0.0565. The summed E-state index contributed by atoms with van der Waals surface area (Å²) in [5.41, 5.74) is 0.935. The average Bonchev–Trinajstić information content (AvgIpc) is 3.31. The van der Waals surface area contributed by atoms with Crippen LogP contribution in [-0.2, 0) is 16.1 Å². The number of rotatable bonds is 7. The third-order valence-corrected chi connectivity index (χ3v) is 5.58. The van der Waals surface area contributed by atoms with Crippen LogP contribution in [0.5, 0.6) is 0 Å². The van der Waals surface area contributed by atoms with Crippen LogP contribution in [-0.4, -0.2) is 73.0 Å². The first-order chi connectivity index (χ1) is 13.5. The fraction of sp³-hybridized carbons (Fsp3) is 0.526. The van der Waals surface area contributed by atoms with Crippen molar-refractivity contribution in [1.82, 2.24) is 14.8 Å². The molecule has 3 rings (SSSR count). The smallest absolute Gasteiger partial charge is 0.289 e.